The number of hydrogen-bond acceptors (Lipinski definition) is 4. The van der Waals surface area contributed by atoms with Gasteiger partial charge in [-0.05, 0) is 37.1 Å². The average molecular weight is 361 g/mol. The van der Waals surface area contributed by atoms with Gasteiger partial charge in [0.2, 0.25) is 0 Å². The first-order valence-electron chi connectivity index (χ1n) is 5.87. The summed E-state index contributed by atoms with van der Waals surface area (Å²) in [7, 11) is 0. The molecule has 1 heterocycles. The van der Waals surface area contributed by atoms with Gasteiger partial charge in [-0.2, -0.15) is 0 Å². The molecule has 1 fully saturated rings. The number of nitrogen functional groups attached to an aromatic ring is 1. The van der Waals surface area contributed by atoms with Gasteiger partial charge >= 0.3 is 6.09 Å². The molecule has 1 saturated heterocycles. The molecule has 3 N–H and O–H groups in total. The molecule has 0 aliphatic carbocycles. The Labute approximate surface area is 120 Å². The molecule has 1 aromatic carbocycles. The van der Waals surface area contributed by atoms with Crippen LogP contribution in [-0.2, 0) is 4.74 Å². The van der Waals surface area contributed by atoms with Crippen molar-refractivity contribution in [3.8, 4) is 0 Å². The van der Waals surface area contributed by atoms with E-state index in [1.807, 2.05) is 0 Å². The second-order valence-electron chi connectivity index (χ2n) is 4.29. The van der Waals surface area contributed by atoms with Crippen molar-refractivity contribution in [2.45, 2.75) is 18.9 Å². The van der Waals surface area contributed by atoms with Crippen LogP contribution in [0.25, 0.3) is 0 Å². The molecule has 1 unspecified atom stereocenters. The van der Waals surface area contributed by atoms with E-state index in [0.29, 0.717) is 11.4 Å². The van der Waals surface area contributed by atoms with Crippen LogP contribution in [0.3, 0.4) is 0 Å². The van der Waals surface area contributed by atoms with Crippen LogP contribution in [0.4, 0.5) is 16.2 Å². The van der Waals surface area contributed by atoms with Crippen LogP contribution in [0.5, 0.6) is 0 Å². The van der Waals surface area contributed by atoms with Gasteiger partial charge in [-0.15, -0.1) is 0 Å². The first-order chi connectivity index (χ1) is 8.63. The SMILES string of the molecule is Nc1ccc(NC(=O)OC2CCCN(I)C2)cc1. The maximum Gasteiger partial charge on any atom is 0.411 e. The largest absolute Gasteiger partial charge is 0.445 e. The lowest BCUT2D eigenvalue weighted by molar-refractivity contribution is 0.0806. The molecule has 1 atom stereocenters. The van der Waals surface area contributed by atoms with Crippen LogP contribution in [0, 0.1) is 0 Å². The van der Waals surface area contributed by atoms with E-state index in [9.17, 15) is 4.79 Å². The fraction of sp³-hybridized carbons (Fsp3) is 0.417. The van der Waals surface area contributed by atoms with Crippen LogP contribution < -0.4 is 11.1 Å². The number of nitrogens with two attached hydrogens (primary N) is 1. The monoisotopic (exact) mass is 361 g/mol. The Balaban J connectivity index is 1.83. The summed E-state index contributed by atoms with van der Waals surface area (Å²) < 4.78 is 7.51. The van der Waals surface area contributed by atoms with Crippen molar-refractivity contribution in [2.24, 2.45) is 0 Å². The van der Waals surface area contributed by atoms with Crippen LogP contribution in [0.15, 0.2) is 24.3 Å². The maximum atomic E-state index is 11.7. The summed E-state index contributed by atoms with van der Waals surface area (Å²) in [6.45, 7) is 1.84. The lowest BCUT2D eigenvalue weighted by Crippen LogP contribution is -2.36. The minimum absolute atomic E-state index is 0.0237. The van der Waals surface area contributed by atoms with Gasteiger partial charge in [-0.25, -0.2) is 7.91 Å². The lowest BCUT2D eigenvalue weighted by atomic mass is 10.1. The summed E-state index contributed by atoms with van der Waals surface area (Å²) in [6.07, 6.45) is 1.55. The zero-order chi connectivity index (χ0) is 13.0. The number of benzene rings is 1. The minimum atomic E-state index is -0.406. The summed E-state index contributed by atoms with van der Waals surface area (Å²) in [5.74, 6) is 0. The molecule has 5 nitrogen and oxygen atoms in total. The van der Waals surface area contributed by atoms with E-state index >= 15 is 0 Å². The van der Waals surface area contributed by atoms with Crippen molar-refractivity contribution < 1.29 is 9.53 Å². The fourth-order valence-corrected chi connectivity index (χ4v) is 2.64. The topological polar surface area (TPSA) is 67.6 Å². The Hall–Kier alpha value is -1.02. The molecule has 0 radical (unpaired) electrons. The van der Waals surface area contributed by atoms with E-state index in [1.54, 1.807) is 24.3 Å². The van der Waals surface area contributed by atoms with Gasteiger partial charge in [0.25, 0.3) is 0 Å². The summed E-state index contributed by atoms with van der Waals surface area (Å²) in [6, 6.07) is 6.98. The van der Waals surface area contributed by atoms with Gasteiger partial charge in [-0.3, -0.25) is 5.32 Å². The van der Waals surface area contributed by atoms with Crippen molar-refractivity contribution in [3.05, 3.63) is 24.3 Å². The van der Waals surface area contributed by atoms with E-state index < -0.39 is 6.09 Å². The molecule has 1 aliphatic heterocycles. The number of hydrogen-bond donors (Lipinski definition) is 2. The van der Waals surface area contributed by atoms with Gasteiger partial charge in [0.1, 0.15) is 6.10 Å². The van der Waals surface area contributed by atoms with Crippen LogP contribution in [0.1, 0.15) is 12.8 Å². The number of nitrogens with zero attached hydrogens (tertiary/aromatic N) is 1. The van der Waals surface area contributed by atoms with Crippen molar-refractivity contribution >= 4 is 40.3 Å². The smallest absolute Gasteiger partial charge is 0.411 e. The Kier molecular flexibility index (Phi) is 4.65. The molecule has 1 aromatic rings. The van der Waals surface area contributed by atoms with Crippen molar-refractivity contribution in [3.63, 3.8) is 0 Å². The van der Waals surface area contributed by atoms with Crippen molar-refractivity contribution in [2.75, 3.05) is 24.1 Å². The summed E-state index contributed by atoms with van der Waals surface area (Å²) >= 11 is 2.25. The molecular formula is C12H16IN3O2. The molecule has 18 heavy (non-hydrogen) atoms. The number of nitrogens with one attached hydrogen (secondary N) is 1. The molecule has 2 rings (SSSR count). The van der Waals surface area contributed by atoms with Gasteiger partial charge in [0.05, 0.1) is 0 Å². The molecule has 98 valence electrons. The highest BCUT2D eigenvalue weighted by atomic mass is 127. The molecule has 1 amide bonds. The Bertz CT molecular complexity index is 410. The Morgan fingerprint density at radius 2 is 2.17 bits per heavy atom. The number of piperidine rings is 1. The number of carbonyl (C=O) groups is 1. The molecule has 1 aliphatic rings. The molecule has 6 heteroatoms. The predicted molar refractivity (Wildman–Crippen MR) is 79.6 cm³/mol. The first kappa shape index (κ1) is 13.4. The number of rotatable bonds is 2. The second-order valence-corrected chi connectivity index (χ2v) is 5.65. The average Bonchev–Trinajstić information content (AvgIpc) is 2.32. The number of anilines is 2. The number of amides is 1. The standard InChI is InChI=1S/C12H16IN3O2/c13-16-7-1-2-11(8-16)18-12(17)15-10-5-3-9(14)4-6-10/h3-6,11H,1-2,7-8,14H2,(H,15,17). The summed E-state index contributed by atoms with van der Waals surface area (Å²) in [4.78, 5) is 11.7. The first-order valence-corrected chi connectivity index (χ1v) is 6.84. The number of ether oxygens (including phenoxy) is 1. The van der Waals surface area contributed by atoms with E-state index in [1.165, 1.54) is 0 Å². The second kappa shape index (κ2) is 6.24. The van der Waals surface area contributed by atoms with Gasteiger partial charge in [-0.1, -0.05) is 0 Å². The maximum absolute atomic E-state index is 11.7. The lowest BCUT2D eigenvalue weighted by Gasteiger charge is -2.27. The van der Waals surface area contributed by atoms with Crippen LogP contribution in [0.2, 0.25) is 0 Å². The third kappa shape index (κ3) is 4.02. The highest BCUT2D eigenvalue weighted by molar-refractivity contribution is 14.1. The fourth-order valence-electron chi connectivity index (χ4n) is 1.86. The quantitative estimate of drug-likeness (QED) is 0.483. The molecule has 0 saturated carbocycles. The van der Waals surface area contributed by atoms with Gasteiger partial charge in [0.15, 0.2) is 0 Å². The highest BCUT2D eigenvalue weighted by Gasteiger charge is 2.21. The number of carbonyl (C=O) groups excluding carboxylic acids is 1. The molecule has 0 spiro atoms. The Morgan fingerprint density at radius 3 is 2.83 bits per heavy atom. The molecule has 0 aromatic heterocycles. The van der Waals surface area contributed by atoms with E-state index in [2.05, 4.69) is 31.3 Å². The van der Waals surface area contributed by atoms with E-state index in [0.717, 1.165) is 25.9 Å². The summed E-state index contributed by atoms with van der Waals surface area (Å²) in [5, 5.41) is 2.69. The van der Waals surface area contributed by atoms with E-state index in [4.69, 9.17) is 10.5 Å². The van der Waals surface area contributed by atoms with E-state index in [-0.39, 0.29) is 6.10 Å². The van der Waals surface area contributed by atoms with Gasteiger partial charge < -0.3 is 10.5 Å². The van der Waals surface area contributed by atoms with Crippen LogP contribution >= 0.6 is 22.9 Å². The zero-order valence-corrected chi connectivity index (χ0v) is 12.1. The molecule has 0 bridgehead atoms. The normalized spacial score (nSPS) is 20.4. The predicted octanol–water partition coefficient (Wildman–Crippen LogP) is 2.63. The minimum Gasteiger partial charge on any atom is -0.445 e. The zero-order valence-electron chi connectivity index (χ0n) is 9.93. The van der Waals surface area contributed by atoms with Crippen molar-refractivity contribution in [1.29, 1.82) is 0 Å². The summed E-state index contributed by atoms with van der Waals surface area (Å²) in [5.41, 5.74) is 6.93. The van der Waals surface area contributed by atoms with Crippen molar-refractivity contribution in [1.82, 2.24) is 3.11 Å². The third-order valence-corrected chi connectivity index (χ3v) is 3.64. The Morgan fingerprint density at radius 1 is 1.44 bits per heavy atom. The van der Waals surface area contributed by atoms with Gasteiger partial charge in [0, 0.05) is 47.3 Å². The van der Waals surface area contributed by atoms with Crippen LogP contribution in [-0.4, -0.2) is 28.4 Å². The third-order valence-electron chi connectivity index (χ3n) is 2.76. The highest BCUT2D eigenvalue weighted by Crippen LogP contribution is 2.17. The molecular weight excluding hydrogens is 345 g/mol. The number of halogens is 1.